The summed E-state index contributed by atoms with van der Waals surface area (Å²) in [6.07, 6.45) is -1.08. The van der Waals surface area contributed by atoms with Crippen LogP contribution in [-0.4, -0.2) is 81.8 Å². The number of esters is 1. The number of imidazole rings is 1. The van der Waals surface area contributed by atoms with Crippen molar-refractivity contribution >= 4 is 41.2 Å². The standard InChI is InChI=1S/C41H37N7O8/c1-54-34(50)23-47(21-20-42-40(52)55-24-32-30-18-10-8-16-28(30)29-17-9-11-19-31(29)32)33(49)22-48-25-43-35-37(48)44-39(45-38(35)51)46-41(53)56-36(26-12-4-2-5-13-26)27-14-6-3-7-15-27/h2-19,25,32,36H,20-24H2,1H3,(H,42,52)(H2,44,45,46,51,53). The summed E-state index contributed by atoms with van der Waals surface area (Å²) in [5.74, 6) is -1.61. The van der Waals surface area contributed by atoms with Crippen molar-refractivity contribution in [3.63, 3.8) is 0 Å². The molecule has 56 heavy (non-hydrogen) atoms. The number of H-pyrrole nitrogens is 1. The quantitative estimate of drug-likeness (QED) is 0.107. The SMILES string of the molecule is COC(=O)CN(CCNC(=O)OCC1c2ccccc2-c2ccccc21)C(=O)Cn1cnc2c(=O)[nH]c(NC(=O)OC(c3ccccc3)c3ccccc3)nc21. The number of anilines is 1. The van der Waals surface area contributed by atoms with Gasteiger partial charge in [-0.25, -0.2) is 14.6 Å². The Balaban J connectivity index is 0.988. The predicted molar refractivity (Wildman–Crippen MR) is 205 cm³/mol. The number of hydrogen-bond donors (Lipinski definition) is 3. The Morgan fingerprint density at radius 1 is 0.839 bits per heavy atom. The summed E-state index contributed by atoms with van der Waals surface area (Å²) in [6, 6.07) is 34.3. The number of hydrogen-bond acceptors (Lipinski definition) is 10. The van der Waals surface area contributed by atoms with Gasteiger partial charge < -0.3 is 29.0 Å². The molecule has 0 spiro atoms. The number of alkyl carbamates (subject to hydrolysis) is 1. The van der Waals surface area contributed by atoms with Gasteiger partial charge in [0.1, 0.15) is 19.7 Å². The lowest BCUT2D eigenvalue weighted by Crippen LogP contribution is -2.43. The fraction of sp³-hybridized carbons (Fsp3) is 0.195. The number of nitrogens with zero attached hydrogens (tertiary/aromatic N) is 4. The monoisotopic (exact) mass is 755 g/mol. The zero-order valence-corrected chi connectivity index (χ0v) is 30.2. The first-order chi connectivity index (χ1) is 27.3. The Morgan fingerprint density at radius 3 is 2.07 bits per heavy atom. The first-order valence-corrected chi connectivity index (χ1v) is 17.7. The molecule has 0 bridgehead atoms. The van der Waals surface area contributed by atoms with Crippen LogP contribution in [0.5, 0.6) is 0 Å². The topological polar surface area (TPSA) is 187 Å². The Bertz CT molecular complexity index is 2350. The van der Waals surface area contributed by atoms with Crippen molar-refractivity contribution in [2.75, 3.05) is 38.7 Å². The molecule has 4 aromatic carbocycles. The molecule has 1 aliphatic rings. The smallest absolute Gasteiger partial charge is 0.414 e. The van der Waals surface area contributed by atoms with Crippen molar-refractivity contribution in [2.24, 2.45) is 0 Å². The van der Waals surface area contributed by atoms with E-state index in [4.69, 9.17) is 14.2 Å². The molecule has 6 aromatic rings. The van der Waals surface area contributed by atoms with Crippen molar-refractivity contribution in [3.8, 4) is 11.1 Å². The third-order valence-electron chi connectivity index (χ3n) is 9.33. The van der Waals surface area contributed by atoms with E-state index < -0.39 is 42.3 Å². The molecule has 7 rings (SSSR count). The van der Waals surface area contributed by atoms with Crippen molar-refractivity contribution in [1.29, 1.82) is 0 Å². The van der Waals surface area contributed by atoms with Crippen LogP contribution in [0.2, 0.25) is 0 Å². The minimum absolute atomic E-state index is 0.00477. The summed E-state index contributed by atoms with van der Waals surface area (Å²) in [4.78, 5) is 76.8. The molecule has 15 nitrogen and oxygen atoms in total. The van der Waals surface area contributed by atoms with Crippen molar-refractivity contribution in [3.05, 3.63) is 148 Å². The molecular weight excluding hydrogens is 718 g/mol. The maximum Gasteiger partial charge on any atom is 0.414 e. The molecule has 0 aliphatic heterocycles. The summed E-state index contributed by atoms with van der Waals surface area (Å²) in [7, 11) is 1.20. The summed E-state index contributed by atoms with van der Waals surface area (Å²) in [6.45, 7) is -0.792. The van der Waals surface area contributed by atoms with E-state index in [9.17, 15) is 24.0 Å². The highest BCUT2D eigenvalue weighted by Gasteiger charge is 2.29. The molecule has 0 atom stereocenters. The molecular formula is C41H37N7O8. The lowest BCUT2D eigenvalue weighted by atomic mass is 9.98. The predicted octanol–water partition coefficient (Wildman–Crippen LogP) is 5.00. The average molecular weight is 756 g/mol. The van der Waals surface area contributed by atoms with Gasteiger partial charge in [-0.3, -0.25) is 24.7 Å². The summed E-state index contributed by atoms with van der Waals surface area (Å²) in [5, 5.41) is 5.12. The highest BCUT2D eigenvalue weighted by molar-refractivity contribution is 5.85. The third-order valence-corrected chi connectivity index (χ3v) is 9.33. The fourth-order valence-electron chi connectivity index (χ4n) is 6.65. The van der Waals surface area contributed by atoms with Crippen LogP contribution < -0.4 is 16.2 Å². The van der Waals surface area contributed by atoms with E-state index in [0.29, 0.717) is 0 Å². The van der Waals surface area contributed by atoms with E-state index in [1.165, 1.54) is 22.9 Å². The van der Waals surface area contributed by atoms with Crippen LogP contribution in [0, 0.1) is 0 Å². The molecule has 2 heterocycles. The minimum atomic E-state index is -0.888. The highest BCUT2D eigenvalue weighted by atomic mass is 16.6. The molecule has 0 saturated heterocycles. The number of carbonyl (C=O) groups is 4. The van der Waals surface area contributed by atoms with Crippen LogP contribution in [-0.2, 0) is 30.3 Å². The van der Waals surface area contributed by atoms with Crippen LogP contribution in [0.1, 0.15) is 34.3 Å². The number of nitrogens with one attached hydrogen (secondary N) is 3. The number of carbonyl (C=O) groups excluding carboxylic acids is 4. The number of amides is 3. The second-order valence-electron chi connectivity index (χ2n) is 12.8. The molecule has 3 amide bonds. The van der Waals surface area contributed by atoms with Crippen LogP contribution in [0.3, 0.4) is 0 Å². The minimum Gasteiger partial charge on any atom is -0.468 e. The zero-order valence-electron chi connectivity index (χ0n) is 30.2. The molecule has 2 aromatic heterocycles. The van der Waals surface area contributed by atoms with Gasteiger partial charge in [0.05, 0.1) is 13.4 Å². The van der Waals surface area contributed by atoms with Crippen LogP contribution in [0.15, 0.2) is 120 Å². The summed E-state index contributed by atoms with van der Waals surface area (Å²) < 4.78 is 17.5. The second-order valence-corrected chi connectivity index (χ2v) is 12.8. The Labute approximate surface area is 320 Å². The normalized spacial score (nSPS) is 11.8. The van der Waals surface area contributed by atoms with Gasteiger partial charge in [-0.2, -0.15) is 4.98 Å². The van der Waals surface area contributed by atoms with E-state index in [1.54, 1.807) is 0 Å². The largest absolute Gasteiger partial charge is 0.468 e. The van der Waals surface area contributed by atoms with Crippen LogP contribution >= 0.6 is 0 Å². The van der Waals surface area contributed by atoms with Gasteiger partial charge in [0.2, 0.25) is 11.9 Å². The van der Waals surface area contributed by atoms with Crippen molar-refractivity contribution in [1.82, 2.24) is 29.7 Å². The number of aromatic nitrogens is 4. The van der Waals surface area contributed by atoms with Gasteiger partial charge in [0.15, 0.2) is 17.3 Å². The van der Waals surface area contributed by atoms with E-state index >= 15 is 0 Å². The first kappa shape index (κ1) is 37.0. The number of ether oxygens (including phenoxy) is 3. The number of methoxy groups -OCH3 is 1. The van der Waals surface area contributed by atoms with Gasteiger partial charge in [-0.05, 0) is 33.4 Å². The Hall–Kier alpha value is -7.29. The molecule has 1 aliphatic carbocycles. The lowest BCUT2D eigenvalue weighted by Gasteiger charge is -2.22. The number of aromatic amines is 1. The molecule has 0 fully saturated rings. The molecule has 0 saturated carbocycles. The molecule has 0 unspecified atom stereocenters. The maximum atomic E-state index is 13.6. The molecule has 0 radical (unpaired) electrons. The van der Waals surface area contributed by atoms with Crippen molar-refractivity contribution < 1.29 is 33.4 Å². The highest BCUT2D eigenvalue weighted by Crippen LogP contribution is 2.44. The van der Waals surface area contributed by atoms with E-state index in [-0.39, 0.29) is 49.3 Å². The Morgan fingerprint density at radius 2 is 1.45 bits per heavy atom. The number of rotatable bonds is 13. The van der Waals surface area contributed by atoms with Gasteiger partial charge in [-0.1, -0.05) is 109 Å². The van der Waals surface area contributed by atoms with Gasteiger partial charge >= 0.3 is 18.2 Å². The average Bonchev–Trinajstić information content (AvgIpc) is 3.77. The fourth-order valence-corrected chi connectivity index (χ4v) is 6.65. The Kier molecular flexibility index (Phi) is 11.1. The number of fused-ring (bicyclic) bond motifs is 4. The second kappa shape index (κ2) is 16.8. The van der Waals surface area contributed by atoms with E-state index in [1.807, 2.05) is 109 Å². The summed E-state index contributed by atoms with van der Waals surface area (Å²) >= 11 is 0. The van der Waals surface area contributed by atoms with Crippen LogP contribution in [0.25, 0.3) is 22.3 Å². The maximum absolute atomic E-state index is 13.6. The van der Waals surface area contributed by atoms with E-state index in [2.05, 4.69) is 25.6 Å². The van der Waals surface area contributed by atoms with E-state index in [0.717, 1.165) is 33.4 Å². The zero-order chi connectivity index (χ0) is 39.0. The van der Waals surface area contributed by atoms with Gasteiger partial charge in [-0.15, -0.1) is 0 Å². The number of benzene rings is 4. The van der Waals surface area contributed by atoms with Crippen LogP contribution in [0.4, 0.5) is 15.5 Å². The molecule has 15 heteroatoms. The van der Waals surface area contributed by atoms with Gasteiger partial charge in [0.25, 0.3) is 5.56 Å². The molecule has 284 valence electrons. The lowest BCUT2D eigenvalue weighted by molar-refractivity contribution is -0.147. The first-order valence-electron chi connectivity index (χ1n) is 17.7. The third kappa shape index (κ3) is 8.26. The molecule has 3 N–H and O–H groups in total. The summed E-state index contributed by atoms with van der Waals surface area (Å²) in [5.41, 5.74) is 5.05. The van der Waals surface area contributed by atoms with Crippen molar-refractivity contribution in [2.45, 2.75) is 18.6 Å². The van der Waals surface area contributed by atoms with Gasteiger partial charge in [0, 0.05) is 19.0 Å².